The smallest absolute Gasteiger partial charge is 0.363 e. The summed E-state index contributed by atoms with van der Waals surface area (Å²) in [4.78, 5) is 3.64. The fourth-order valence-electron chi connectivity index (χ4n) is 1.30. The van der Waals surface area contributed by atoms with Crippen LogP contribution in [0.3, 0.4) is 0 Å². The van der Waals surface area contributed by atoms with Crippen LogP contribution in [-0.2, 0) is 21.1 Å². The first-order valence-electron chi connectivity index (χ1n) is 4.34. The molecule has 0 aromatic carbocycles. The van der Waals surface area contributed by atoms with Crippen LogP contribution in [0.25, 0.3) is 0 Å². The van der Waals surface area contributed by atoms with Gasteiger partial charge in [0.05, 0.1) is 0 Å². The minimum Gasteiger partial charge on any atom is -0.363 e. The summed E-state index contributed by atoms with van der Waals surface area (Å²) in [5, 5.41) is 7.62. The van der Waals surface area contributed by atoms with Gasteiger partial charge in [-0.2, -0.15) is 0 Å². The summed E-state index contributed by atoms with van der Waals surface area (Å²) in [5.74, 6) is 1.44. The molecule has 0 amide bonds. The van der Waals surface area contributed by atoms with Crippen molar-refractivity contribution < 1.29 is 30.1 Å². The van der Waals surface area contributed by atoms with Crippen molar-refractivity contribution in [2.75, 3.05) is 9.62 Å². The largest absolute Gasteiger partial charge is 0.403 e. The Morgan fingerprint density at radius 2 is 1.44 bits per heavy atom. The topological polar surface area (TPSA) is 58.5 Å². The third kappa shape index (κ3) is 1.90. The predicted molar refractivity (Wildman–Crippen MR) is 52.9 cm³/mol. The van der Waals surface area contributed by atoms with Crippen molar-refractivity contribution in [3.05, 3.63) is 37.1 Å². The van der Waals surface area contributed by atoms with Crippen LogP contribution in [0, 0.1) is 0 Å². The molecule has 0 saturated heterocycles. The SMILES string of the molecule is [B]1N(c2ccon2)C=CN1c1ccon1.[Pt]. The fourth-order valence-corrected chi connectivity index (χ4v) is 1.30. The number of nitrogens with zero attached hydrogens (tertiary/aromatic N) is 4. The Labute approximate surface area is 106 Å². The van der Waals surface area contributed by atoms with Gasteiger partial charge in [0.1, 0.15) is 12.5 Å². The van der Waals surface area contributed by atoms with Gasteiger partial charge in [0.25, 0.3) is 0 Å². The van der Waals surface area contributed by atoms with Crippen LogP contribution in [0.4, 0.5) is 11.6 Å². The molecule has 2 aromatic rings. The minimum absolute atomic E-state index is 0. The molecule has 0 spiro atoms. The van der Waals surface area contributed by atoms with E-state index in [4.69, 9.17) is 9.05 Å². The predicted octanol–water partition coefficient (Wildman–Crippen LogP) is 0.992. The Hall–Kier alpha value is -1.49. The zero-order chi connectivity index (χ0) is 10.1. The molecule has 16 heavy (non-hydrogen) atoms. The molecule has 0 aliphatic carbocycles. The monoisotopic (exact) mass is 396 g/mol. The zero-order valence-electron chi connectivity index (χ0n) is 7.96. The van der Waals surface area contributed by atoms with Crippen molar-refractivity contribution in [3.8, 4) is 0 Å². The van der Waals surface area contributed by atoms with Crippen molar-refractivity contribution in [1.82, 2.24) is 10.3 Å². The van der Waals surface area contributed by atoms with Gasteiger partial charge >= 0.3 is 7.55 Å². The second kappa shape index (κ2) is 4.57. The van der Waals surface area contributed by atoms with E-state index >= 15 is 0 Å². The second-order valence-electron chi connectivity index (χ2n) is 2.94. The van der Waals surface area contributed by atoms with Gasteiger partial charge in [0, 0.05) is 45.6 Å². The first-order valence-corrected chi connectivity index (χ1v) is 4.34. The molecule has 1 aliphatic heterocycles. The van der Waals surface area contributed by atoms with Crippen molar-refractivity contribution in [2.24, 2.45) is 0 Å². The Morgan fingerprint density at radius 1 is 0.938 bits per heavy atom. The van der Waals surface area contributed by atoms with Crippen molar-refractivity contribution >= 4 is 19.2 Å². The normalized spacial score (nSPS) is 13.8. The maximum absolute atomic E-state index is 4.75. The van der Waals surface area contributed by atoms with Gasteiger partial charge in [-0.25, -0.2) is 0 Å². The zero-order valence-corrected chi connectivity index (χ0v) is 10.2. The third-order valence-corrected chi connectivity index (χ3v) is 2.01. The summed E-state index contributed by atoms with van der Waals surface area (Å²) in [6, 6.07) is 3.54. The molecule has 2 aromatic heterocycles. The van der Waals surface area contributed by atoms with E-state index in [0.29, 0.717) is 0 Å². The minimum atomic E-state index is 0. The average molecular weight is 396 g/mol. The molecule has 0 N–H and O–H groups in total. The van der Waals surface area contributed by atoms with E-state index in [2.05, 4.69) is 10.3 Å². The maximum atomic E-state index is 4.75. The van der Waals surface area contributed by atoms with E-state index in [0.717, 1.165) is 11.6 Å². The molecule has 0 unspecified atom stereocenters. The standard InChI is InChI=1S/C8H6BN4O2.Pt/c1-5-14-10-7(1)12-3-4-13(9-12)8-2-6-15-11-8;/h1-6H;. The molecule has 6 nitrogen and oxygen atoms in total. The summed E-state index contributed by atoms with van der Waals surface area (Å²) in [7, 11) is 1.83. The van der Waals surface area contributed by atoms with Crippen LogP contribution in [0.15, 0.2) is 46.1 Å². The Bertz CT molecular complexity index is 416. The summed E-state index contributed by atoms with van der Waals surface area (Å²) in [6.07, 6.45) is 6.75. The van der Waals surface area contributed by atoms with E-state index in [1.54, 1.807) is 12.1 Å². The van der Waals surface area contributed by atoms with Gasteiger partial charge in [-0.1, -0.05) is 10.3 Å². The van der Waals surface area contributed by atoms with Crippen LogP contribution in [0.2, 0.25) is 0 Å². The number of anilines is 2. The van der Waals surface area contributed by atoms with Crippen molar-refractivity contribution in [1.29, 1.82) is 0 Å². The number of hydrogen-bond donors (Lipinski definition) is 0. The molecule has 8 heteroatoms. The first kappa shape index (κ1) is 11.0. The quantitative estimate of drug-likeness (QED) is 0.707. The van der Waals surface area contributed by atoms with E-state index in [1.165, 1.54) is 12.5 Å². The molecule has 0 bridgehead atoms. The fraction of sp³-hybridized carbons (Fsp3) is 0. The summed E-state index contributed by atoms with van der Waals surface area (Å²) in [5.41, 5.74) is 0. The molecule has 3 heterocycles. The number of hydrogen-bond acceptors (Lipinski definition) is 6. The molecule has 0 atom stereocenters. The molecule has 0 saturated carbocycles. The molecular formula is C8H6BN4O2Pt. The molecule has 1 radical (unpaired) electrons. The van der Waals surface area contributed by atoms with Crippen LogP contribution in [0.1, 0.15) is 0 Å². The first-order chi connectivity index (χ1) is 7.43. The van der Waals surface area contributed by atoms with E-state index in [-0.39, 0.29) is 21.1 Å². The van der Waals surface area contributed by atoms with Crippen LogP contribution in [0.5, 0.6) is 0 Å². The van der Waals surface area contributed by atoms with Crippen molar-refractivity contribution in [2.45, 2.75) is 0 Å². The molecule has 1 aliphatic rings. The molecule has 3 rings (SSSR count). The summed E-state index contributed by atoms with van der Waals surface area (Å²) < 4.78 is 9.51. The van der Waals surface area contributed by atoms with E-state index in [1.807, 2.05) is 29.6 Å². The summed E-state index contributed by atoms with van der Waals surface area (Å²) >= 11 is 0. The van der Waals surface area contributed by atoms with Gasteiger partial charge in [0.15, 0.2) is 11.6 Å². The third-order valence-electron chi connectivity index (χ3n) is 2.01. The van der Waals surface area contributed by atoms with Gasteiger partial charge < -0.3 is 18.7 Å². The second-order valence-corrected chi connectivity index (χ2v) is 2.94. The Morgan fingerprint density at radius 3 is 1.81 bits per heavy atom. The molecule has 83 valence electrons. The summed E-state index contributed by atoms with van der Waals surface area (Å²) in [6.45, 7) is 0. The Kier molecular flexibility index (Phi) is 3.15. The van der Waals surface area contributed by atoms with Crippen molar-refractivity contribution in [3.63, 3.8) is 0 Å². The van der Waals surface area contributed by atoms with Crippen LogP contribution < -0.4 is 9.62 Å². The Balaban J connectivity index is 0.000000963. The average Bonchev–Trinajstić information content (AvgIpc) is 3.02. The van der Waals surface area contributed by atoms with E-state index < -0.39 is 0 Å². The van der Waals surface area contributed by atoms with E-state index in [9.17, 15) is 0 Å². The molecular weight excluding hydrogens is 390 g/mol. The maximum Gasteiger partial charge on any atom is 0.403 e. The van der Waals surface area contributed by atoms with Gasteiger partial charge in [-0.05, 0) is 0 Å². The van der Waals surface area contributed by atoms with Gasteiger partial charge in [-0.3, -0.25) is 0 Å². The van der Waals surface area contributed by atoms with Gasteiger partial charge in [0.2, 0.25) is 0 Å². The van der Waals surface area contributed by atoms with Gasteiger partial charge in [-0.15, -0.1) is 0 Å². The molecule has 0 fully saturated rings. The van der Waals surface area contributed by atoms with Crippen LogP contribution >= 0.6 is 0 Å². The number of rotatable bonds is 2. The van der Waals surface area contributed by atoms with Crippen LogP contribution in [-0.4, -0.2) is 17.9 Å². The number of aromatic nitrogens is 2.